The largest absolute Gasteiger partial charge is 0.418 e. The molecule has 2 N–H and O–H groups in total. The second kappa shape index (κ2) is 10.4. The lowest BCUT2D eigenvalue weighted by Crippen LogP contribution is -2.48. The van der Waals surface area contributed by atoms with E-state index in [1.807, 2.05) is 35.2 Å². The summed E-state index contributed by atoms with van der Waals surface area (Å²) in [5.74, 6) is -0.718. The second-order valence-electron chi connectivity index (χ2n) is 7.87. The summed E-state index contributed by atoms with van der Waals surface area (Å²) in [6, 6.07) is 12.2. The molecule has 9 heteroatoms. The number of anilines is 1. The molecule has 32 heavy (non-hydrogen) atoms. The molecule has 1 saturated heterocycles. The number of carbonyl (C=O) groups is 2. The predicted octanol–water partition coefficient (Wildman–Crippen LogP) is 4.71. The smallest absolute Gasteiger partial charge is 0.352 e. The number of amides is 2. The predicted molar refractivity (Wildman–Crippen MR) is 117 cm³/mol. The van der Waals surface area contributed by atoms with Crippen molar-refractivity contribution in [3.63, 3.8) is 0 Å². The van der Waals surface area contributed by atoms with Crippen molar-refractivity contribution in [2.45, 2.75) is 38.5 Å². The Morgan fingerprint density at radius 2 is 1.78 bits per heavy atom. The van der Waals surface area contributed by atoms with E-state index >= 15 is 0 Å². The first kappa shape index (κ1) is 24.1. The first-order valence-corrected chi connectivity index (χ1v) is 10.8. The van der Waals surface area contributed by atoms with E-state index in [1.165, 1.54) is 6.07 Å². The Labute approximate surface area is 189 Å². The first-order chi connectivity index (χ1) is 15.1. The molecule has 0 radical (unpaired) electrons. The molecule has 2 amide bonds. The Morgan fingerprint density at radius 1 is 1.12 bits per heavy atom. The van der Waals surface area contributed by atoms with Gasteiger partial charge in [-0.25, -0.2) is 0 Å². The number of nitrogens with one attached hydrogen (secondary N) is 2. The molecule has 1 heterocycles. The highest BCUT2D eigenvalue weighted by Gasteiger charge is 2.35. The first-order valence-electron chi connectivity index (χ1n) is 10.4. The number of piperidine rings is 1. The Kier molecular flexibility index (Phi) is 7.79. The van der Waals surface area contributed by atoms with Crippen molar-refractivity contribution in [3.8, 4) is 0 Å². The van der Waals surface area contributed by atoms with Gasteiger partial charge in [-0.05, 0) is 56.6 Å². The fourth-order valence-electron chi connectivity index (χ4n) is 3.74. The van der Waals surface area contributed by atoms with Crippen LogP contribution in [0.2, 0.25) is 5.02 Å². The third-order valence-electron chi connectivity index (χ3n) is 5.68. The summed E-state index contributed by atoms with van der Waals surface area (Å²) in [7, 11) is 0. The number of carbonyl (C=O) groups excluding carboxylic acids is 2. The molecule has 1 aliphatic rings. The maximum atomic E-state index is 13.3. The van der Waals surface area contributed by atoms with Crippen molar-refractivity contribution in [3.05, 3.63) is 64.7 Å². The van der Waals surface area contributed by atoms with Crippen LogP contribution in [0.5, 0.6) is 0 Å². The highest BCUT2D eigenvalue weighted by atomic mass is 35.5. The zero-order valence-corrected chi connectivity index (χ0v) is 18.3. The van der Waals surface area contributed by atoms with Crippen molar-refractivity contribution in [2.75, 3.05) is 18.4 Å². The molecule has 5 nitrogen and oxygen atoms in total. The molecule has 0 aliphatic carbocycles. The van der Waals surface area contributed by atoms with Crippen LogP contribution in [0.15, 0.2) is 48.5 Å². The van der Waals surface area contributed by atoms with Crippen LogP contribution in [-0.4, -0.2) is 35.8 Å². The normalized spacial score (nSPS) is 16.4. The summed E-state index contributed by atoms with van der Waals surface area (Å²) in [6.45, 7) is 3.12. The number of likely N-dealkylation sites (tertiary alicyclic amines) is 1. The minimum atomic E-state index is -4.64. The zero-order valence-electron chi connectivity index (χ0n) is 17.6. The summed E-state index contributed by atoms with van der Waals surface area (Å²) in [5.41, 5.74) is -0.294. The summed E-state index contributed by atoms with van der Waals surface area (Å²) in [5, 5.41) is 5.25. The molecule has 172 valence electrons. The van der Waals surface area contributed by atoms with E-state index in [9.17, 15) is 22.8 Å². The number of halogens is 4. The molecular formula is C23H25ClF3N3O2. The van der Waals surface area contributed by atoms with Gasteiger partial charge < -0.3 is 10.6 Å². The standard InChI is InChI=1S/C23H25ClF3N3O2/c1-15(21(31)29-20-8-7-18(24)13-19(20)23(25,26)27)30-11-9-17(10-12-30)22(32)28-14-16-5-3-2-4-6-16/h2-8,13,15,17H,9-12,14H2,1H3,(H,28,32)(H,29,31)/t15-/m0/s1. The van der Waals surface area contributed by atoms with Crippen LogP contribution in [0.1, 0.15) is 30.9 Å². The van der Waals surface area contributed by atoms with Gasteiger partial charge in [0.25, 0.3) is 0 Å². The van der Waals surface area contributed by atoms with Crippen LogP contribution in [0, 0.1) is 5.92 Å². The van der Waals surface area contributed by atoms with Gasteiger partial charge in [0.15, 0.2) is 0 Å². The molecule has 0 bridgehead atoms. The SMILES string of the molecule is C[C@@H](C(=O)Nc1ccc(Cl)cc1C(F)(F)F)N1CCC(C(=O)NCc2ccccc2)CC1. The van der Waals surface area contributed by atoms with Crippen molar-refractivity contribution >= 4 is 29.1 Å². The van der Waals surface area contributed by atoms with Crippen LogP contribution in [0.25, 0.3) is 0 Å². The maximum Gasteiger partial charge on any atom is 0.418 e. The Morgan fingerprint density at radius 3 is 2.41 bits per heavy atom. The zero-order chi connectivity index (χ0) is 23.3. The van der Waals surface area contributed by atoms with Crippen molar-refractivity contribution in [1.29, 1.82) is 0 Å². The lowest BCUT2D eigenvalue weighted by atomic mass is 9.94. The lowest BCUT2D eigenvalue weighted by molar-refractivity contribution is -0.137. The van der Waals surface area contributed by atoms with E-state index in [0.29, 0.717) is 32.5 Å². The van der Waals surface area contributed by atoms with Gasteiger partial charge in [-0.2, -0.15) is 13.2 Å². The second-order valence-corrected chi connectivity index (χ2v) is 8.30. The summed E-state index contributed by atoms with van der Waals surface area (Å²) >= 11 is 5.69. The number of benzene rings is 2. The number of nitrogens with zero attached hydrogens (tertiary/aromatic N) is 1. The summed E-state index contributed by atoms with van der Waals surface area (Å²) in [6.07, 6.45) is -3.48. The molecule has 0 spiro atoms. The van der Waals surface area contributed by atoms with Gasteiger partial charge in [-0.3, -0.25) is 14.5 Å². The Bertz CT molecular complexity index is 945. The molecule has 1 aliphatic heterocycles. The van der Waals surface area contributed by atoms with E-state index < -0.39 is 23.7 Å². The van der Waals surface area contributed by atoms with Gasteiger partial charge in [0.2, 0.25) is 11.8 Å². The molecule has 0 saturated carbocycles. The van der Waals surface area contributed by atoms with Crippen molar-refractivity contribution in [1.82, 2.24) is 10.2 Å². The van der Waals surface area contributed by atoms with E-state index in [4.69, 9.17) is 11.6 Å². The summed E-state index contributed by atoms with van der Waals surface area (Å²) < 4.78 is 39.8. The van der Waals surface area contributed by atoms with Gasteiger partial charge in [-0.15, -0.1) is 0 Å². The number of rotatable bonds is 6. The van der Waals surface area contributed by atoms with Crippen molar-refractivity contribution in [2.24, 2.45) is 5.92 Å². The van der Waals surface area contributed by atoms with Gasteiger partial charge in [0.1, 0.15) is 0 Å². The molecule has 0 aromatic heterocycles. The third-order valence-corrected chi connectivity index (χ3v) is 5.92. The number of hydrogen-bond donors (Lipinski definition) is 2. The minimum Gasteiger partial charge on any atom is -0.352 e. The molecule has 1 atom stereocenters. The number of alkyl halides is 3. The van der Waals surface area contributed by atoms with Crippen LogP contribution in [0.3, 0.4) is 0 Å². The van der Waals surface area contributed by atoms with Gasteiger partial charge in [-0.1, -0.05) is 41.9 Å². The van der Waals surface area contributed by atoms with Gasteiger partial charge in [0.05, 0.1) is 17.3 Å². The Balaban J connectivity index is 1.52. The molecule has 2 aromatic rings. The number of hydrogen-bond acceptors (Lipinski definition) is 3. The average molecular weight is 468 g/mol. The minimum absolute atomic E-state index is 0.0263. The van der Waals surface area contributed by atoms with Crippen LogP contribution >= 0.6 is 11.6 Å². The lowest BCUT2D eigenvalue weighted by Gasteiger charge is -2.34. The van der Waals surface area contributed by atoms with Gasteiger partial charge in [0, 0.05) is 17.5 Å². The fourth-order valence-corrected chi connectivity index (χ4v) is 3.91. The summed E-state index contributed by atoms with van der Waals surface area (Å²) in [4.78, 5) is 26.9. The molecule has 1 fully saturated rings. The fraction of sp³-hybridized carbons (Fsp3) is 0.391. The maximum absolute atomic E-state index is 13.3. The van der Waals surface area contributed by atoms with Crippen LogP contribution in [0.4, 0.5) is 18.9 Å². The molecule has 2 aromatic carbocycles. The third kappa shape index (κ3) is 6.23. The van der Waals surface area contributed by atoms with E-state index in [1.54, 1.807) is 6.92 Å². The molecular weight excluding hydrogens is 443 g/mol. The highest BCUT2D eigenvalue weighted by Crippen LogP contribution is 2.36. The quantitative estimate of drug-likeness (QED) is 0.646. The molecule has 0 unspecified atom stereocenters. The van der Waals surface area contributed by atoms with Crippen LogP contribution in [-0.2, 0) is 22.3 Å². The van der Waals surface area contributed by atoms with Crippen molar-refractivity contribution < 1.29 is 22.8 Å². The highest BCUT2D eigenvalue weighted by molar-refractivity contribution is 6.30. The monoisotopic (exact) mass is 467 g/mol. The van der Waals surface area contributed by atoms with Crippen LogP contribution < -0.4 is 10.6 Å². The van der Waals surface area contributed by atoms with E-state index in [0.717, 1.165) is 17.7 Å². The Hall–Kier alpha value is -2.58. The van der Waals surface area contributed by atoms with Gasteiger partial charge >= 0.3 is 6.18 Å². The van der Waals surface area contributed by atoms with E-state index in [2.05, 4.69) is 10.6 Å². The average Bonchev–Trinajstić information content (AvgIpc) is 2.78. The topological polar surface area (TPSA) is 61.4 Å². The van der Waals surface area contributed by atoms with E-state index in [-0.39, 0.29) is 22.5 Å². The molecule has 3 rings (SSSR count).